The van der Waals surface area contributed by atoms with Gasteiger partial charge in [-0.25, -0.2) is 0 Å². The van der Waals surface area contributed by atoms with E-state index in [2.05, 4.69) is 36.7 Å². The summed E-state index contributed by atoms with van der Waals surface area (Å²) >= 11 is 3.36. The van der Waals surface area contributed by atoms with Crippen molar-refractivity contribution in [1.29, 1.82) is 0 Å². The van der Waals surface area contributed by atoms with Crippen LogP contribution in [-0.2, 0) is 0 Å². The normalized spacial score (nSPS) is 15.0. The summed E-state index contributed by atoms with van der Waals surface area (Å²) in [5.74, 6) is 1.16. The molecule has 0 aromatic rings. The summed E-state index contributed by atoms with van der Waals surface area (Å²) in [6.45, 7) is 6.62. The van der Waals surface area contributed by atoms with Gasteiger partial charge in [0.15, 0.2) is 0 Å². The molecule has 0 aliphatic rings. The van der Waals surface area contributed by atoms with Crippen LogP contribution in [0.4, 0.5) is 0 Å². The van der Waals surface area contributed by atoms with Crippen molar-refractivity contribution in [2.75, 3.05) is 5.75 Å². The minimum atomic E-state index is 0.127. The summed E-state index contributed by atoms with van der Waals surface area (Å²) in [7, 11) is 3.81. The zero-order valence-electron chi connectivity index (χ0n) is 7.26. The molecule has 0 aromatic heterocycles. The fraction of sp³-hybridized carbons (Fsp3) is 1.00. The summed E-state index contributed by atoms with van der Waals surface area (Å²) < 4.78 is 0.281. The fourth-order valence-electron chi connectivity index (χ4n) is 0.722. The van der Waals surface area contributed by atoms with Gasteiger partial charge in [0.05, 0.1) is 4.95 Å². The second kappa shape index (κ2) is 5.73. The molecule has 0 saturated carbocycles. The first-order chi connectivity index (χ1) is 4.98. The summed E-state index contributed by atoms with van der Waals surface area (Å²) in [6, 6.07) is 0. The van der Waals surface area contributed by atoms with Crippen molar-refractivity contribution in [2.45, 2.75) is 36.9 Å². The van der Waals surface area contributed by atoms with Crippen LogP contribution in [0.1, 0.15) is 27.2 Å². The minimum absolute atomic E-state index is 0.127. The highest BCUT2D eigenvalue weighted by molar-refractivity contribution is 9.09. The van der Waals surface area contributed by atoms with Crippen LogP contribution in [0.2, 0.25) is 0 Å². The quantitative estimate of drug-likeness (QED) is 0.466. The smallest absolute Gasteiger partial charge is 0.0619 e. The maximum atomic E-state index is 5.64. The van der Waals surface area contributed by atoms with E-state index in [1.54, 1.807) is 0 Å². The van der Waals surface area contributed by atoms with Crippen LogP contribution < -0.4 is 5.73 Å². The molecule has 1 nitrogen and oxygen atoms in total. The second-order valence-corrected chi connectivity index (χ2v) is 7.44. The van der Waals surface area contributed by atoms with Crippen LogP contribution in [0.3, 0.4) is 0 Å². The highest BCUT2D eigenvalue weighted by Crippen LogP contribution is 2.38. The van der Waals surface area contributed by atoms with Crippen molar-refractivity contribution >= 4 is 37.5 Å². The molecule has 0 bridgehead atoms. The van der Waals surface area contributed by atoms with Gasteiger partial charge >= 0.3 is 0 Å². The Morgan fingerprint density at radius 2 is 2.09 bits per heavy atom. The number of alkyl halides is 1. The monoisotopic (exact) mass is 257 g/mol. The van der Waals surface area contributed by atoms with Gasteiger partial charge in [0.1, 0.15) is 0 Å². The Balaban J connectivity index is 3.61. The van der Waals surface area contributed by atoms with Gasteiger partial charge in [0.25, 0.3) is 0 Å². The van der Waals surface area contributed by atoms with Crippen molar-refractivity contribution in [2.24, 2.45) is 5.73 Å². The van der Waals surface area contributed by atoms with Crippen LogP contribution in [0.5, 0.6) is 0 Å². The van der Waals surface area contributed by atoms with Crippen LogP contribution in [0.15, 0.2) is 0 Å². The van der Waals surface area contributed by atoms with Gasteiger partial charge in [-0.3, -0.25) is 0 Å². The summed E-state index contributed by atoms with van der Waals surface area (Å²) in [4.78, 5) is 0.127. The van der Waals surface area contributed by atoms with E-state index in [1.165, 1.54) is 0 Å². The molecule has 0 amide bonds. The molecule has 1 atom stereocenters. The van der Waals surface area contributed by atoms with Crippen molar-refractivity contribution in [3.63, 3.8) is 0 Å². The van der Waals surface area contributed by atoms with Gasteiger partial charge in [-0.1, -0.05) is 44.4 Å². The first-order valence-electron chi connectivity index (χ1n) is 3.68. The van der Waals surface area contributed by atoms with Crippen LogP contribution >= 0.6 is 37.5 Å². The van der Waals surface area contributed by atoms with Crippen molar-refractivity contribution in [1.82, 2.24) is 0 Å². The van der Waals surface area contributed by atoms with Crippen molar-refractivity contribution in [3.8, 4) is 0 Å². The van der Waals surface area contributed by atoms with E-state index in [9.17, 15) is 0 Å². The molecule has 4 heteroatoms. The Kier molecular flexibility index (Phi) is 6.32. The van der Waals surface area contributed by atoms with E-state index >= 15 is 0 Å². The van der Waals surface area contributed by atoms with Crippen molar-refractivity contribution in [3.05, 3.63) is 0 Å². The molecule has 0 aliphatic heterocycles. The Hall–Kier alpha value is 1.14. The lowest BCUT2D eigenvalue weighted by atomic mass is 10.1. The molecule has 0 rings (SSSR count). The molecule has 2 N–H and O–H groups in total. The number of rotatable bonds is 5. The maximum Gasteiger partial charge on any atom is 0.0619 e. The molecular weight excluding hydrogens is 242 g/mol. The number of halogens is 1. The molecule has 0 radical (unpaired) electrons. The van der Waals surface area contributed by atoms with Crippen LogP contribution in [0.25, 0.3) is 0 Å². The standard InChI is InChI=1S/C7H16BrNS2/c1-4-10-11-7(2,3)5-6(8)9/h6H,4-5,9H2,1-3H3. The van der Waals surface area contributed by atoms with Gasteiger partial charge in [0.2, 0.25) is 0 Å². The zero-order chi connectivity index (χ0) is 8.91. The first kappa shape index (κ1) is 12.1. The third kappa shape index (κ3) is 7.50. The number of nitrogens with two attached hydrogens (primary N) is 1. The van der Waals surface area contributed by atoms with Crippen molar-refractivity contribution < 1.29 is 0 Å². The van der Waals surface area contributed by atoms with E-state index in [4.69, 9.17) is 5.73 Å². The predicted molar refractivity (Wildman–Crippen MR) is 61.3 cm³/mol. The molecule has 0 aliphatic carbocycles. The average Bonchev–Trinajstić information content (AvgIpc) is 1.81. The number of hydrogen-bond acceptors (Lipinski definition) is 3. The van der Waals surface area contributed by atoms with Crippen LogP contribution in [-0.4, -0.2) is 15.5 Å². The van der Waals surface area contributed by atoms with Gasteiger partial charge in [0, 0.05) is 10.5 Å². The van der Waals surface area contributed by atoms with E-state index < -0.39 is 0 Å². The Morgan fingerprint density at radius 1 is 1.55 bits per heavy atom. The van der Waals surface area contributed by atoms with E-state index in [1.807, 2.05) is 21.6 Å². The Morgan fingerprint density at radius 3 is 2.45 bits per heavy atom. The summed E-state index contributed by atoms with van der Waals surface area (Å²) in [5.41, 5.74) is 5.64. The highest BCUT2D eigenvalue weighted by atomic mass is 79.9. The largest absolute Gasteiger partial charge is 0.319 e. The molecule has 0 aromatic carbocycles. The molecule has 0 spiro atoms. The molecule has 11 heavy (non-hydrogen) atoms. The van der Waals surface area contributed by atoms with E-state index in [0.29, 0.717) is 0 Å². The maximum absolute atomic E-state index is 5.64. The molecule has 0 saturated heterocycles. The molecule has 0 heterocycles. The van der Waals surface area contributed by atoms with Crippen LogP contribution in [0, 0.1) is 0 Å². The minimum Gasteiger partial charge on any atom is -0.319 e. The van der Waals surface area contributed by atoms with Gasteiger partial charge < -0.3 is 5.73 Å². The highest BCUT2D eigenvalue weighted by Gasteiger charge is 2.20. The van der Waals surface area contributed by atoms with E-state index in [0.717, 1.165) is 12.2 Å². The lowest BCUT2D eigenvalue weighted by Gasteiger charge is -2.23. The molecule has 68 valence electrons. The lowest BCUT2D eigenvalue weighted by Crippen LogP contribution is -2.24. The zero-order valence-corrected chi connectivity index (χ0v) is 10.5. The van der Waals surface area contributed by atoms with E-state index in [-0.39, 0.29) is 9.70 Å². The lowest BCUT2D eigenvalue weighted by molar-refractivity contribution is 0.635. The topological polar surface area (TPSA) is 26.0 Å². The first-order valence-corrected chi connectivity index (χ1v) is 6.91. The third-order valence-corrected chi connectivity index (χ3v) is 4.80. The SMILES string of the molecule is CCSSC(C)(C)CC(N)Br. The predicted octanol–water partition coefficient (Wildman–Crippen LogP) is 3.24. The Labute approximate surface area is 85.8 Å². The molecule has 1 unspecified atom stereocenters. The van der Waals surface area contributed by atoms with Gasteiger partial charge in [-0.2, -0.15) is 0 Å². The van der Waals surface area contributed by atoms with Gasteiger partial charge in [-0.05, 0) is 20.3 Å². The average molecular weight is 258 g/mol. The molecule has 0 fully saturated rings. The van der Waals surface area contributed by atoms with Gasteiger partial charge in [-0.15, -0.1) is 0 Å². The Bertz CT molecular complexity index is 107. The third-order valence-electron chi connectivity index (χ3n) is 1.09. The fourth-order valence-corrected chi connectivity index (χ4v) is 3.94. The number of hydrogen-bond donors (Lipinski definition) is 1. The molecular formula is C7H16BrNS2. The second-order valence-electron chi connectivity index (χ2n) is 2.97. The summed E-state index contributed by atoms with van der Waals surface area (Å²) in [6.07, 6.45) is 1.00. The summed E-state index contributed by atoms with van der Waals surface area (Å²) in [5, 5.41) is 0.